The number of hydrogen-bond acceptors (Lipinski definition) is 4. The van der Waals surface area contributed by atoms with Crippen LogP contribution < -0.4 is 16.4 Å². The number of carbonyl (C=O) groups is 2. The van der Waals surface area contributed by atoms with E-state index in [-0.39, 0.29) is 29.8 Å². The molecule has 1 heterocycles. The van der Waals surface area contributed by atoms with E-state index in [0.717, 1.165) is 25.7 Å². The maximum Gasteiger partial charge on any atom is 0.253 e. The molecule has 0 aromatic heterocycles. The first kappa shape index (κ1) is 19.7. The molecular weight excluding hydrogens is 342 g/mol. The molecule has 1 aromatic carbocycles. The van der Waals surface area contributed by atoms with E-state index in [2.05, 4.69) is 10.6 Å². The van der Waals surface area contributed by atoms with Crippen molar-refractivity contribution < 1.29 is 14.3 Å². The molecule has 7 heteroatoms. The van der Waals surface area contributed by atoms with Crippen molar-refractivity contribution in [1.82, 2.24) is 5.32 Å². The van der Waals surface area contributed by atoms with Gasteiger partial charge in [0.25, 0.3) is 11.8 Å². The molecule has 1 aromatic rings. The van der Waals surface area contributed by atoms with Crippen LogP contribution in [0.2, 0.25) is 0 Å². The molecule has 0 bridgehead atoms. The van der Waals surface area contributed by atoms with Gasteiger partial charge in [0.15, 0.2) is 0 Å². The molecule has 2 amide bonds. The standard InChI is InChI=1S/C18H25N3O3.ClH/c1-18(11-19,13-7-8-13)21-16(22)12-4-2-5-14(10-12)20-17(23)15-6-3-9-24-15;/h2,4-5,10,13,15H,3,6-9,11,19H2,1H3,(H,20,23)(H,21,22);1H. The SMILES string of the molecule is CC(CN)(NC(=O)c1cccc(NC(=O)C2CCCO2)c1)C1CC1.Cl. The summed E-state index contributed by atoms with van der Waals surface area (Å²) in [5.74, 6) is 0.131. The zero-order valence-corrected chi connectivity index (χ0v) is 15.2. The van der Waals surface area contributed by atoms with Crippen LogP contribution in [0.3, 0.4) is 0 Å². The van der Waals surface area contributed by atoms with Crippen LogP contribution in [0, 0.1) is 5.92 Å². The number of benzene rings is 1. The Morgan fingerprint density at radius 3 is 2.68 bits per heavy atom. The molecule has 2 aliphatic rings. The first-order chi connectivity index (χ1) is 11.5. The van der Waals surface area contributed by atoms with Gasteiger partial charge in [0.1, 0.15) is 6.10 Å². The number of carbonyl (C=O) groups excluding carboxylic acids is 2. The fraction of sp³-hybridized carbons (Fsp3) is 0.556. The van der Waals surface area contributed by atoms with Crippen molar-refractivity contribution in [3.05, 3.63) is 29.8 Å². The predicted molar refractivity (Wildman–Crippen MR) is 98.9 cm³/mol. The fourth-order valence-electron chi connectivity index (χ4n) is 3.12. The van der Waals surface area contributed by atoms with Gasteiger partial charge in [-0.1, -0.05) is 6.07 Å². The fourth-order valence-corrected chi connectivity index (χ4v) is 3.12. The number of nitrogens with one attached hydrogen (secondary N) is 2. The summed E-state index contributed by atoms with van der Waals surface area (Å²) in [5, 5.41) is 5.88. The number of amides is 2. The number of anilines is 1. The number of rotatable bonds is 6. The number of nitrogens with two attached hydrogens (primary N) is 1. The van der Waals surface area contributed by atoms with Crippen LogP contribution in [0.1, 0.15) is 43.0 Å². The van der Waals surface area contributed by atoms with Crippen molar-refractivity contribution in [2.45, 2.75) is 44.2 Å². The van der Waals surface area contributed by atoms with Gasteiger partial charge in [0.05, 0.1) is 5.54 Å². The molecule has 0 radical (unpaired) electrons. The molecule has 4 N–H and O–H groups in total. The van der Waals surface area contributed by atoms with Crippen molar-refractivity contribution in [3.8, 4) is 0 Å². The van der Waals surface area contributed by atoms with Gasteiger partial charge in [-0.05, 0) is 56.7 Å². The van der Waals surface area contributed by atoms with Crippen LogP contribution in [-0.4, -0.2) is 36.6 Å². The highest BCUT2D eigenvalue weighted by Gasteiger charge is 2.41. The maximum absolute atomic E-state index is 12.5. The quantitative estimate of drug-likeness (QED) is 0.717. The average molecular weight is 368 g/mol. The normalized spacial score (nSPS) is 21.8. The lowest BCUT2D eigenvalue weighted by atomic mass is 9.95. The summed E-state index contributed by atoms with van der Waals surface area (Å²) in [4.78, 5) is 24.7. The zero-order valence-electron chi connectivity index (χ0n) is 14.4. The summed E-state index contributed by atoms with van der Waals surface area (Å²) in [7, 11) is 0. The second-order valence-corrected chi connectivity index (χ2v) is 6.92. The Morgan fingerprint density at radius 1 is 1.32 bits per heavy atom. The van der Waals surface area contributed by atoms with Gasteiger partial charge in [0, 0.05) is 24.4 Å². The largest absolute Gasteiger partial charge is 0.368 e. The van der Waals surface area contributed by atoms with Crippen molar-refractivity contribution in [3.63, 3.8) is 0 Å². The Labute approximate surface area is 154 Å². The molecule has 6 nitrogen and oxygen atoms in total. The van der Waals surface area contributed by atoms with Gasteiger partial charge in [0.2, 0.25) is 0 Å². The molecule has 2 unspecified atom stereocenters. The lowest BCUT2D eigenvalue weighted by Crippen LogP contribution is -2.53. The van der Waals surface area contributed by atoms with Gasteiger partial charge in [-0.25, -0.2) is 0 Å². The van der Waals surface area contributed by atoms with Crippen LogP contribution in [0.4, 0.5) is 5.69 Å². The lowest BCUT2D eigenvalue weighted by Gasteiger charge is -2.29. The summed E-state index contributed by atoms with van der Waals surface area (Å²) in [5.41, 5.74) is 6.60. The molecule has 0 spiro atoms. The van der Waals surface area contributed by atoms with E-state index in [1.165, 1.54) is 0 Å². The zero-order chi connectivity index (χ0) is 17.2. The summed E-state index contributed by atoms with van der Waals surface area (Å²) in [6, 6.07) is 6.95. The van der Waals surface area contributed by atoms with E-state index in [4.69, 9.17) is 10.5 Å². The second kappa shape index (κ2) is 8.17. The van der Waals surface area contributed by atoms with Crippen molar-refractivity contribution >= 4 is 29.9 Å². The van der Waals surface area contributed by atoms with Gasteiger partial charge < -0.3 is 21.1 Å². The Bertz CT molecular complexity index is 630. The van der Waals surface area contributed by atoms with E-state index in [1.807, 2.05) is 6.92 Å². The minimum Gasteiger partial charge on any atom is -0.368 e. The Morgan fingerprint density at radius 2 is 2.08 bits per heavy atom. The van der Waals surface area contributed by atoms with E-state index < -0.39 is 6.10 Å². The van der Waals surface area contributed by atoms with Crippen molar-refractivity contribution in [2.24, 2.45) is 11.7 Å². The molecule has 2 atom stereocenters. The monoisotopic (exact) mass is 367 g/mol. The lowest BCUT2D eigenvalue weighted by molar-refractivity contribution is -0.124. The molecule has 25 heavy (non-hydrogen) atoms. The predicted octanol–water partition coefficient (Wildman–Crippen LogP) is 2.08. The van der Waals surface area contributed by atoms with E-state index in [9.17, 15) is 9.59 Å². The van der Waals surface area contributed by atoms with Crippen molar-refractivity contribution in [2.75, 3.05) is 18.5 Å². The summed E-state index contributed by atoms with van der Waals surface area (Å²) < 4.78 is 5.37. The van der Waals surface area contributed by atoms with Crippen LogP contribution in [0.5, 0.6) is 0 Å². The highest BCUT2D eigenvalue weighted by Crippen LogP contribution is 2.39. The Balaban J connectivity index is 0.00000225. The minimum atomic E-state index is -0.391. The van der Waals surface area contributed by atoms with E-state index >= 15 is 0 Å². The van der Waals surface area contributed by atoms with Gasteiger partial charge in [-0.2, -0.15) is 0 Å². The molecule has 1 aliphatic heterocycles. The van der Waals surface area contributed by atoms with Crippen molar-refractivity contribution in [1.29, 1.82) is 0 Å². The number of hydrogen-bond donors (Lipinski definition) is 3. The molecule has 1 aliphatic carbocycles. The highest BCUT2D eigenvalue weighted by atomic mass is 35.5. The average Bonchev–Trinajstić information content (AvgIpc) is 3.30. The summed E-state index contributed by atoms with van der Waals surface area (Å²) in [6.45, 7) is 3.03. The topological polar surface area (TPSA) is 93.5 Å². The highest BCUT2D eigenvalue weighted by molar-refractivity contribution is 5.98. The van der Waals surface area contributed by atoms with Gasteiger partial charge >= 0.3 is 0 Å². The molecule has 3 rings (SSSR count). The van der Waals surface area contributed by atoms with Crippen LogP contribution in [0.25, 0.3) is 0 Å². The number of halogens is 1. The van der Waals surface area contributed by atoms with Crippen LogP contribution >= 0.6 is 12.4 Å². The van der Waals surface area contributed by atoms with E-state index in [1.54, 1.807) is 24.3 Å². The Hall–Kier alpha value is -1.63. The number of ether oxygens (including phenoxy) is 1. The van der Waals surface area contributed by atoms with E-state index in [0.29, 0.717) is 30.3 Å². The maximum atomic E-state index is 12.5. The van der Waals surface area contributed by atoms with Crippen LogP contribution in [0.15, 0.2) is 24.3 Å². The molecule has 1 saturated heterocycles. The molecule has 138 valence electrons. The van der Waals surface area contributed by atoms with Gasteiger partial charge in [-0.3, -0.25) is 9.59 Å². The summed E-state index contributed by atoms with van der Waals surface area (Å²) >= 11 is 0. The first-order valence-electron chi connectivity index (χ1n) is 8.57. The van der Waals surface area contributed by atoms with Crippen LogP contribution in [-0.2, 0) is 9.53 Å². The first-order valence-corrected chi connectivity index (χ1v) is 8.57. The molecule has 1 saturated carbocycles. The molecule has 2 fully saturated rings. The second-order valence-electron chi connectivity index (χ2n) is 6.92. The minimum absolute atomic E-state index is 0. The molecular formula is C18H26ClN3O3. The third-order valence-corrected chi connectivity index (χ3v) is 4.92. The Kier molecular flexibility index (Phi) is 6.43. The smallest absolute Gasteiger partial charge is 0.253 e. The summed E-state index contributed by atoms with van der Waals surface area (Å²) in [6.07, 6.45) is 3.45. The third-order valence-electron chi connectivity index (χ3n) is 4.92. The third kappa shape index (κ3) is 4.71. The van der Waals surface area contributed by atoms with Gasteiger partial charge in [-0.15, -0.1) is 12.4 Å².